The van der Waals surface area contributed by atoms with Crippen molar-refractivity contribution in [3.05, 3.63) is 102 Å². The highest BCUT2D eigenvalue weighted by molar-refractivity contribution is 6.17. The van der Waals surface area contributed by atoms with Crippen LogP contribution in [0.2, 0.25) is 0 Å². The van der Waals surface area contributed by atoms with Crippen molar-refractivity contribution >= 4 is 29.1 Å². The summed E-state index contributed by atoms with van der Waals surface area (Å²) in [5.74, 6) is -0.536. The van der Waals surface area contributed by atoms with Gasteiger partial charge in [0.25, 0.3) is 5.91 Å². The smallest absolute Gasteiger partial charge is 0.343 e. The number of hydrogen-bond acceptors (Lipinski definition) is 6. The number of allylic oxidation sites excluding steroid dienone is 1. The minimum absolute atomic E-state index is 0.209. The zero-order valence-electron chi connectivity index (χ0n) is 23.8. The van der Waals surface area contributed by atoms with Crippen LogP contribution in [0, 0.1) is 12.8 Å². The van der Waals surface area contributed by atoms with Crippen LogP contribution in [0.5, 0.6) is 11.5 Å². The number of ether oxygens (including phenoxy) is 2. The summed E-state index contributed by atoms with van der Waals surface area (Å²) in [5, 5.41) is 5.75. The van der Waals surface area contributed by atoms with Crippen LogP contribution in [0.3, 0.4) is 0 Å². The third-order valence-electron chi connectivity index (χ3n) is 6.86. The maximum atomic E-state index is 12.9. The third-order valence-corrected chi connectivity index (χ3v) is 6.86. The lowest BCUT2D eigenvalue weighted by atomic mass is 10.0. The molecule has 41 heavy (non-hydrogen) atoms. The van der Waals surface area contributed by atoms with Gasteiger partial charge in [-0.2, -0.15) is 10.1 Å². The second-order valence-electron chi connectivity index (χ2n) is 10.1. The maximum Gasteiger partial charge on any atom is 0.343 e. The molecule has 3 aromatic rings. The maximum absolute atomic E-state index is 12.9. The van der Waals surface area contributed by atoms with Crippen LogP contribution in [0.4, 0.5) is 5.69 Å². The van der Waals surface area contributed by atoms with Gasteiger partial charge in [-0.3, -0.25) is 9.59 Å². The highest BCUT2D eigenvalue weighted by atomic mass is 16.5. The van der Waals surface area contributed by atoms with Gasteiger partial charge in [-0.25, -0.2) is 4.79 Å². The number of anilines is 1. The molecular weight excluding hydrogens is 516 g/mol. The molecule has 1 aliphatic rings. The monoisotopic (exact) mass is 552 g/mol. The van der Waals surface area contributed by atoms with Gasteiger partial charge in [0.05, 0.1) is 29.5 Å². The zero-order valence-corrected chi connectivity index (χ0v) is 23.8. The highest BCUT2D eigenvalue weighted by Crippen LogP contribution is 2.25. The Balaban J connectivity index is 1.28. The number of hydrazone groups is 1. The lowest BCUT2D eigenvalue weighted by Crippen LogP contribution is -2.26. The molecule has 3 aromatic carbocycles. The first-order valence-electron chi connectivity index (χ1n) is 14.1. The van der Waals surface area contributed by atoms with Crippen molar-refractivity contribution < 1.29 is 23.9 Å². The second-order valence-corrected chi connectivity index (χ2v) is 10.1. The Morgan fingerprint density at radius 2 is 1.46 bits per heavy atom. The number of amides is 1. The summed E-state index contributed by atoms with van der Waals surface area (Å²) in [6.45, 7) is 6.59. The predicted octanol–water partition coefficient (Wildman–Crippen LogP) is 7.34. The number of nitrogens with zero attached hydrogens (tertiary/aromatic N) is 2. The fourth-order valence-electron chi connectivity index (χ4n) is 4.39. The van der Waals surface area contributed by atoms with E-state index in [0.717, 1.165) is 24.2 Å². The molecule has 0 spiro atoms. The number of unbranched alkanes of at least 4 members (excludes halogenated alkanes) is 4. The fraction of sp³-hybridized carbons (Fsp3) is 0.294. The molecule has 1 aliphatic heterocycles. The Hall–Kier alpha value is -4.52. The average molecular weight is 553 g/mol. The quantitative estimate of drug-likeness (QED) is 0.0728. The summed E-state index contributed by atoms with van der Waals surface area (Å²) < 4.78 is 11.2. The van der Waals surface area contributed by atoms with Crippen molar-refractivity contribution in [3.8, 4) is 11.5 Å². The Labute approximate surface area is 241 Å². The van der Waals surface area contributed by atoms with E-state index in [0.29, 0.717) is 34.9 Å². The van der Waals surface area contributed by atoms with Crippen molar-refractivity contribution in [2.45, 2.75) is 52.9 Å². The van der Waals surface area contributed by atoms with Crippen molar-refractivity contribution in [1.29, 1.82) is 0 Å². The van der Waals surface area contributed by atoms with Gasteiger partial charge in [0.1, 0.15) is 11.5 Å². The molecule has 0 aliphatic carbocycles. The Bertz CT molecular complexity index is 1410. The molecule has 7 nitrogen and oxygen atoms in total. The molecular formula is C34H36N2O5. The third kappa shape index (κ3) is 8.01. The number of esters is 1. The highest BCUT2D eigenvalue weighted by Gasteiger charge is 2.32. The van der Waals surface area contributed by atoms with Crippen molar-refractivity contribution in [2.24, 2.45) is 11.0 Å². The van der Waals surface area contributed by atoms with E-state index in [-0.39, 0.29) is 11.7 Å². The molecule has 1 heterocycles. The summed E-state index contributed by atoms with van der Waals surface area (Å²) >= 11 is 0. The summed E-state index contributed by atoms with van der Waals surface area (Å²) in [5.41, 5.74) is 3.20. The van der Waals surface area contributed by atoms with E-state index in [9.17, 15) is 14.4 Å². The normalized spacial score (nSPS) is 14.8. The van der Waals surface area contributed by atoms with Gasteiger partial charge in [-0.1, -0.05) is 56.4 Å². The molecule has 0 radical (unpaired) electrons. The first-order valence-corrected chi connectivity index (χ1v) is 14.1. The summed E-state index contributed by atoms with van der Waals surface area (Å²) in [7, 11) is 0. The van der Waals surface area contributed by atoms with Gasteiger partial charge in [0, 0.05) is 5.56 Å². The lowest BCUT2D eigenvalue weighted by molar-refractivity contribution is -0.118. The standard InChI is InChI=1S/C34H36N2O5/c1-4-5-6-7-8-23-40-29-17-13-27(14-18-29)34(39)41-30-19-11-26(12-20-30)32(37)22-21-31-25(3)35-36(33(31)38)28-15-9-24(2)10-16-28/h9-22,31H,4-8,23H2,1-3H3/b22-21+. The lowest BCUT2D eigenvalue weighted by Gasteiger charge is -2.13. The number of ketones is 1. The number of aryl methyl sites for hydroxylation is 1. The molecule has 212 valence electrons. The Morgan fingerprint density at radius 3 is 2.15 bits per heavy atom. The molecule has 7 heteroatoms. The predicted molar refractivity (Wildman–Crippen MR) is 161 cm³/mol. The van der Waals surface area contributed by atoms with Gasteiger partial charge in [0.2, 0.25) is 0 Å². The van der Waals surface area contributed by atoms with Gasteiger partial charge < -0.3 is 9.47 Å². The second kappa shape index (κ2) is 14.2. The molecule has 0 saturated heterocycles. The van der Waals surface area contributed by atoms with Crippen LogP contribution in [0.15, 0.2) is 90.0 Å². The zero-order chi connectivity index (χ0) is 29.2. The topological polar surface area (TPSA) is 85.3 Å². The number of benzene rings is 3. The van der Waals surface area contributed by atoms with Gasteiger partial charge in [0.15, 0.2) is 5.78 Å². The molecule has 1 atom stereocenters. The summed E-state index contributed by atoms with van der Waals surface area (Å²) in [4.78, 5) is 38.3. The molecule has 1 unspecified atom stereocenters. The largest absolute Gasteiger partial charge is 0.494 e. The molecule has 0 fully saturated rings. The van der Waals surface area contributed by atoms with E-state index in [4.69, 9.17) is 9.47 Å². The number of carbonyl (C=O) groups excluding carboxylic acids is 3. The van der Waals surface area contributed by atoms with Crippen LogP contribution in [-0.2, 0) is 4.79 Å². The van der Waals surface area contributed by atoms with E-state index in [2.05, 4.69) is 12.0 Å². The van der Waals surface area contributed by atoms with E-state index < -0.39 is 11.9 Å². The van der Waals surface area contributed by atoms with E-state index in [1.165, 1.54) is 30.3 Å². The van der Waals surface area contributed by atoms with Crippen molar-refractivity contribution in [3.63, 3.8) is 0 Å². The summed E-state index contributed by atoms with van der Waals surface area (Å²) in [6.07, 6.45) is 8.81. The van der Waals surface area contributed by atoms with E-state index in [1.807, 2.05) is 31.2 Å². The van der Waals surface area contributed by atoms with Gasteiger partial charge in [-0.05, 0) is 87.0 Å². The van der Waals surface area contributed by atoms with Crippen molar-refractivity contribution in [2.75, 3.05) is 11.6 Å². The van der Waals surface area contributed by atoms with Crippen LogP contribution < -0.4 is 14.5 Å². The van der Waals surface area contributed by atoms with Crippen LogP contribution in [0.25, 0.3) is 0 Å². The number of carbonyl (C=O) groups is 3. The van der Waals surface area contributed by atoms with Gasteiger partial charge in [-0.15, -0.1) is 0 Å². The van der Waals surface area contributed by atoms with Crippen LogP contribution >= 0.6 is 0 Å². The fourth-order valence-corrected chi connectivity index (χ4v) is 4.39. The van der Waals surface area contributed by atoms with Crippen LogP contribution in [0.1, 0.15) is 72.2 Å². The molecule has 1 amide bonds. The molecule has 0 saturated carbocycles. The van der Waals surface area contributed by atoms with E-state index in [1.54, 1.807) is 61.5 Å². The Morgan fingerprint density at radius 1 is 0.829 bits per heavy atom. The molecule has 0 aromatic heterocycles. The molecule has 0 bridgehead atoms. The first-order chi connectivity index (χ1) is 19.9. The molecule has 4 rings (SSSR count). The van der Waals surface area contributed by atoms with E-state index >= 15 is 0 Å². The SMILES string of the molecule is CCCCCCCOc1ccc(C(=O)Oc2ccc(C(=O)/C=C/C3C(=O)N(c4ccc(C)cc4)N=C3C)cc2)cc1. The first kappa shape index (κ1) is 29.5. The summed E-state index contributed by atoms with van der Waals surface area (Å²) in [6, 6.07) is 20.7. The average Bonchev–Trinajstić information content (AvgIpc) is 3.27. The van der Waals surface area contributed by atoms with Crippen LogP contribution in [-0.4, -0.2) is 30.0 Å². The van der Waals surface area contributed by atoms with Crippen molar-refractivity contribution in [1.82, 2.24) is 0 Å². The van der Waals surface area contributed by atoms with Gasteiger partial charge >= 0.3 is 5.97 Å². The number of hydrogen-bond donors (Lipinski definition) is 0. The number of rotatable bonds is 13. The molecule has 0 N–H and O–H groups in total. The Kier molecular flexibility index (Phi) is 10.2. The minimum Gasteiger partial charge on any atom is -0.494 e. The minimum atomic E-state index is -0.608.